The predicted octanol–water partition coefficient (Wildman–Crippen LogP) is 3.08. The van der Waals surface area contributed by atoms with Crippen LogP contribution >= 0.6 is 11.6 Å². The summed E-state index contributed by atoms with van der Waals surface area (Å²) < 4.78 is 0. The number of rotatable bonds is 3. The first kappa shape index (κ1) is 13.6. The summed E-state index contributed by atoms with van der Waals surface area (Å²) in [6.07, 6.45) is 0. The molecule has 0 spiro atoms. The van der Waals surface area contributed by atoms with Gasteiger partial charge in [0.1, 0.15) is 0 Å². The fourth-order valence-corrected chi connectivity index (χ4v) is 2.00. The molecule has 0 saturated carbocycles. The number of nitrogens with two attached hydrogens (primary N) is 1. The number of carbonyl (C=O) groups excluding carboxylic acids is 1. The molecule has 1 amide bonds. The topological polar surface area (TPSA) is 46.3 Å². The van der Waals surface area contributed by atoms with E-state index in [-0.39, 0.29) is 5.91 Å². The minimum Gasteiger partial charge on any atom is -0.326 e. The molecule has 0 aliphatic carbocycles. The highest BCUT2D eigenvalue weighted by Gasteiger charge is 2.15. The van der Waals surface area contributed by atoms with Gasteiger partial charge in [-0.2, -0.15) is 0 Å². The molecule has 0 heterocycles. The lowest BCUT2D eigenvalue weighted by atomic mass is 10.1. The summed E-state index contributed by atoms with van der Waals surface area (Å²) in [6.45, 7) is 0.489. The number of anilines is 1. The molecule has 0 unspecified atom stereocenters. The molecule has 2 N–H and O–H groups in total. The molecule has 2 aromatic rings. The van der Waals surface area contributed by atoms with Crippen molar-refractivity contribution in [1.29, 1.82) is 0 Å². The Bertz CT molecular complexity index is 581. The van der Waals surface area contributed by atoms with Gasteiger partial charge in [0.2, 0.25) is 0 Å². The molecule has 2 rings (SSSR count). The highest BCUT2D eigenvalue weighted by Crippen LogP contribution is 2.21. The zero-order valence-corrected chi connectivity index (χ0v) is 11.4. The van der Waals surface area contributed by atoms with Crippen LogP contribution in [0.2, 0.25) is 5.02 Å². The number of hydrogen-bond acceptors (Lipinski definition) is 2. The molecule has 0 saturated heterocycles. The quantitative estimate of drug-likeness (QED) is 0.935. The van der Waals surface area contributed by atoms with E-state index in [0.29, 0.717) is 17.1 Å². The van der Waals surface area contributed by atoms with Crippen molar-refractivity contribution in [3.05, 3.63) is 64.7 Å². The van der Waals surface area contributed by atoms with Gasteiger partial charge in [0.05, 0.1) is 10.6 Å². The van der Waals surface area contributed by atoms with Crippen LogP contribution in [-0.2, 0) is 6.54 Å². The monoisotopic (exact) mass is 274 g/mol. The lowest BCUT2D eigenvalue weighted by Crippen LogP contribution is -2.26. The maximum Gasteiger partial charge on any atom is 0.259 e. The summed E-state index contributed by atoms with van der Waals surface area (Å²) in [5.74, 6) is -0.133. The van der Waals surface area contributed by atoms with Crippen molar-refractivity contribution >= 4 is 23.2 Å². The standard InChI is InChI=1S/C15H15ClN2O/c1-18(12-8-6-11(10-17)7-9-12)15(19)13-4-2-3-5-14(13)16/h2-9H,10,17H2,1H3. The number of nitrogens with zero attached hydrogens (tertiary/aromatic N) is 1. The second-order valence-corrected chi connectivity index (χ2v) is 4.62. The molecule has 0 bridgehead atoms. The second kappa shape index (κ2) is 5.87. The van der Waals surface area contributed by atoms with Crippen LogP contribution < -0.4 is 10.6 Å². The SMILES string of the molecule is CN(C(=O)c1ccccc1Cl)c1ccc(CN)cc1. The van der Waals surface area contributed by atoms with Crippen LogP contribution in [0.25, 0.3) is 0 Å². The van der Waals surface area contributed by atoms with Crippen LogP contribution in [-0.4, -0.2) is 13.0 Å². The lowest BCUT2D eigenvalue weighted by molar-refractivity contribution is 0.0993. The Labute approximate surface area is 117 Å². The van der Waals surface area contributed by atoms with Gasteiger partial charge in [-0.3, -0.25) is 4.79 Å². The summed E-state index contributed by atoms with van der Waals surface area (Å²) in [7, 11) is 1.73. The van der Waals surface area contributed by atoms with Crippen LogP contribution in [0, 0.1) is 0 Å². The largest absolute Gasteiger partial charge is 0.326 e. The first-order valence-corrected chi connectivity index (χ1v) is 6.33. The molecule has 0 atom stereocenters. The first-order valence-electron chi connectivity index (χ1n) is 5.95. The Morgan fingerprint density at radius 3 is 2.37 bits per heavy atom. The molecule has 98 valence electrons. The van der Waals surface area contributed by atoms with Gasteiger partial charge in [0.15, 0.2) is 0 Å². The number of amides is 1. The summed E-state index contributed by atoms with van der Waals surface area (Å²) in [4.78, 5) is 13.9. The van der Waals surface area contributed by atoms with Gasteiger partial charge in [0, 0.05) is 19.3 Å². The average molecular weight is 275 g/mol. The maximum absolute atomic E-state index is 12.3. The molecule has 19 heavy (non-hydrogen) atoms. The van der Waals surface area contributed by atoms with E-state index in [1.807, 2.05) is 24.3 Å². The molecule has 0 aliphatic rings. The molecule has 3 nitrogen and oxygen atoms in total. The predicted molar refractivity (Wildman–Crippen MR) is 78.5 cm³/mol. The van der Waals surface area contributed by atoms with Gasteiger partial charge in [-0.1, -0.05) is 35.9 Å². The number of carbonyl (C=O) groups is 1. The zero-order valence-electron chi connectivity index (χ0n) is 10.6. The number of halogens is 1. The van der Waals surface area contributed by atoms with Gasteiger partial charge in [-0.15, -0.1) is 0 Å². The number of hydrogen-bond donors (Lipinski definition) is 1. The van der Waals surface area contributed by atoms with Crippen molar-refractivity contribution in [2.45, 2.75) is 6.54 Å². The number of benzene rings is 2. The van der Waals surface area contributed by atoms with Crippen molar-refractivity contribution < 1.29 is 4.79 Å². The summed E-state index contributed by atoms with van der Waals surface area (Å²) in [5, 5.41) is 0.456. The van der Waals surface area contributed by atoms with E-state index < -0.39 is 0 Å². The summed E-state index contributed by atoms with van der Waals surface area (Å²) in [5.41, 5.74) is 7.88. The van der Waals surface area contributed by atoms with Crippen molar-refractivity contribution in [3.63, 3.8) is 0 Å². The fourth-order valence-electron chi connectivity index (χ4n) is 1.79. The van der Waals surface area contributed by atoms with E-state index in [1.165, 1.54) is 0 Å². The normalized spacial score (nSPS) is 10.3. The Morgan fingerprint density at radius 2 is 1.79 bits per heavy atom. The van der Waals surface area contributed by atoms with Gasteiger partial charge in [0.25, 0.3) is 5.91 Å². The highest BCUT2D eigenvalue weighted by molar-refractivity contribution is 6.34. The van der Waals surface area contributed by atoms with Crippen LogP contribution in [0.3, 0.4) is 0 Å². The van der Waals surface area contributed by atoms with E-state index in [2.05, 4.69) is 0 Å². The zero-order chi connectivity index (χ0) is 13.8. The molecule has 0 aliphatic heterocycles. The Kier molecular flexibility index (Phi) is 4.20. The van der Waals surface area contributed by atoms with Crippen LogP contribution in [0.15, 0.2) is 48.5 Å². The molecule has 4 heteroatoms. The van der Waals surface area contributed by atoms with Gasteiger partial charge >= 0.3 is 0 Å². The third-order valence-corrected chi connectivity index (χ3v) is 3.30. The molecular weight excluding hydrogens is 260 g/mol. The van der Waals surface area contributed by atoms with E-state index in [1.54, 1.807) is 36.2 Å². The first-order chi connectivity index (χ1) is 9.13. The van der Waals surface area contributed by atoms with Crippen molar-refractivity contribution in [2.75, 3.05) is 11.9 Å². The lowest BCUT2D eigenvalue weighted by Gasteiger charge is -2.18. The van der Waals surface area contributed by atoms with E-state index in [9.17, 15) is 4.79 Å². The Balaban J connectivity index is 2.26. The molecule has 2 aromatic carbocycles. The van der Waals surface area contributed by atoms with Crippen LogP contribution in [0.4, 0.5) is 5.69 Å². The van der Waals surface area contributed by atoms with Crippen LogP contribution in [0.1, 0.15) is 15.9 Å². The second-order valence-electron chi connectivity index (χ2n) is 4.21. The molecule has 0 fully saturated rings. The summed E-state index contributed by atoms with van der Waals surface area (Å²) in [6, 6.07) is 14.6. The van der Waals surface area contributed by atoms with E-state index in [0.717, 1.165) is 11.3 Å². The Hall–Kier alpha value is -1.84. The third kappa shape index (κ3) is 2.95. The van der Waals surface area contributed by atoms with Gasteiger partial charge in [-0.25, -0.2) is 0 Å². The molecule has 0 radical (unpaired) electrons. The average Bonchev–Trinajstić information content (AvgIpc) is 2.46. The smallest absolute Gasteiger partial charge is 0.259 e. The van der Waals surface area contributed by atoms with E-state index in [4.69, 9.17) is 17.3 Å². The van der Waals surface area contributed by atoms with Gasteiger partial charge in [-0.05, 0) is 29.8 Å². The van der Waals surface area contributed by atoms with Crippen molar-refractivity contribution in [1.82, 2.24) is 0 Å². The van der Waals surface area contributed by atoms with E-state index >= 15 is 0 Å². The minimum atomic E-state index is -0.133. The Morgan fingerprint density at radius 1 is 1.16 bits per heavy atom. The van der Waals surface area contributed by atoms with Crippen molar-refractivity contribution in [3.8, 4) is 0 Å². The fraction of sp³-hybridized carbons (Fsp3) is 0.133. The third-order valence-electron chi connectivity index (χ3n) is 2.97. The minimum absolute atomic E-state index is 0.133. The van der Waals surface area contributed by atoms with Crippen LogP contribution in [0.5, 0.6) is 0 Å². The van der Waals surface area contributed by atoms with Gasteiger partial charge < -0.3 is 10.6 Å². The highest BCUT2D eigenvalue weighted by atomic mass is 35.5. The van der Waals surface area contributed by atoms with Crippen molar-refractivity contribution in [2.24, 2.45) is 5.73 Å². The molecule has 0 aromatic heterocycles. The maximum atomic E-state index is 12.3. The molecular formula is C15H15ClN2O. The summed E-state index contributed by atoms with van der Waals surface area (Å²) >= 11 is 6.03.